The number of nitrogens with zero attached hydrogens (tertiary/aromatic N) is 2. The zero-order valence-electron chi connectivity index (χ0n) is 8.15. The Morgan fingerprint density at radius 1 is 1.36 bits per heavy atom. The fourth-order valence-corrected chi connectivity index (χ4v) is 1.10. The normalized spacial score (nSPS) is 13.6. The summed E-state index contributed by atoms with van der Waals surface area (Å²) >= 11 is 0. The van der Waals surface area contributed by atoms with E-state index in [9.17, 15) is 14.4 Å². The Hall–Kier alpha value is -1.59. The molecule has 0 aromatic heterocycles. The third-order valence-corrected chi connectivity index (χ3v) is 1.95. The van der Waals surface area contributed by atoms with Crippen LogP contribution in [0.2, 0.25) is 0 Å². The van der Waals surface area contributed by atoms with Crippen LogP contribution in [0.1, 0.15) is 20.3 Å². The molecule has 0 radical (unpaired) electrons. The second kappa shape index (κ2) is 4.08. The van der Waals surface area contributed by atoms with Gasteiger partial charge in [-0.2, -0.15) is 0 Å². The zero-order valence-corrected chi connectivity index (χ0v) is 8.15. The van der Waals surface area contributed by atoms with Crippen molar-refractivity contribution in [2.75, 3.05) is 13.1 Å². The maximum Gasteiger partial charge on any atom is 0.476 e. The van der Waals surface area contributed by atoms with E-state index in [1.54, 1.807) is 0 Å². The molecule has 78 valence electrons. The van der Waals surface area contributed by atoms with Crippen molar-refractivity contribution in [1.29, 1.82) is 0 Å². The molecule has 0 bridgehead atoms. The lowest BCUT2D eigenvalue weighted by Gasteiger charge is -2.17. The van der Waals surface area contributed by atoms with Crippen LogP contribution in [0.5, 0.6) is 0 Å². The maximum atomic E-state index is 11.4. The topological polar surface area (TPSA) is 70.0 Å². The average Bonchev–Trinajstić information content (AvgIpc) is 2.84. The van der Waals surface area contributed by atoms with Crippen molar-refractivity contribution in [3.63, 3.8) is 0 Å². The van der Waals surface area contributed by atoms with Crippen LogP contribution in [0.4, 0.5) is 4.79 Å². The fraction of sp³-hybridized carbons (Fsp3) is 0.625. The first-order valence-electron chi connectivity index (χ1n) is 4.42. The quantitative estimate of drug-likeness (QED) is 0.478. The highest BCUT2D eigenvalue weighted by Crippen LogP contribution is 2.13. The lowest BCUT2D eigenvalue weighted by atomic mass is 10.3. The number of imide groups is 1. The highest BCUT2D eigenvalue weighted by atomic mass is 16.9. The van der Waals surface area contributed by atoms with Crippen molar-refractivity contribution >= 4 is 17.9 Å². The lowest BCUT2D eigenvalue weighted by molar-refractivity contribution is -0.140. The van der Waals surface area contributed by atoms with Crippen LogP contribution in [-0.4, -0.2) is 41.0 Å². The Bertz CT molecular complexity index is 273. The number of hydrogen-bond donors (Lipinski definition) is 0. The molecule has 6 heteroatoms. The minimum Gasteiger partial charge on any atom is -0.343 e. The fourth-order valence-electron chi connectivity index (χ4n) is 1.10. The molecule has 1 saturated heterocycles. The molecule has 3 amide bonds. The molecule has 0 aliphatic carbocycles. The van der Waals surface area contributed by atoms with Crippen LogP contribution in [0.3, 0.4) is 0 Å². The summed E-state index contributed by atoms with van der Waals surface area (Å²) in [6, 6.07) is 0. The molecule has 0 unspecified atom stereocenters. The number of hydroxylamine groups is 2. The maximum absolute atomic E-state index is 11.4. The second-order valence-corrected chi connectivity index (χ2v) is 2.79. The summed E-state index contributed by atoms with van der Waals surface area (Å²) < 4.78 is 0. The van der Waals surface area contributed by atoms with Gasteiger partial charge < -0.3 is 9.74 Å². The van der Waals surface area contributed by atoms with Crippen LogP contribution in [0.25, 0.3) is 0 Å². The standard InChI is InChI=1S/C8H12N2O4/c1-3-9(4-2)6(11)5-7(12)10-8(13)14-10/h3-5H2,1-2H3. The largest absolute Gasteiger partial charge is 0.476 e. The monoisotopic (exact) mass is 200 g/mol. The molecular weight excluding hydrogens is 188 g/mol. The van der Waals surface area contributed by atoms with E-state index < -0.39 is 12.0 Å². The van der Waals surface area contributed by atoms with Crippen LogP contribution >= 0.6 is 0 Å². The Labute approximate surface area is 81.4 Å². The van der Waals surface area contributed by atoms with Crippen LogP contribution in [0, 0.1) is 0 Å². The molecule has 1 heterocycles. The number of carbonyl (C=O) groups is 3. The van der Waals surface area contributed by atoms with E-state index in [0.717, 1.165) is 0 Å². The van der Waals surface area contributed by atoms with Gasteiger partial charge >= 0.3 is 6.09 Å². The second-order valence-electron chi connectivity index (χ2n) is 2.79. The first-order valence-corrected chi connectivity index (χ1v) is 4.42. The van der Waals surface area contributed by atoms with Gasteiger partial charge in [-0.1, -0.05) is 5.06 Å². The van der Waals surface area contributed by atoms with Gasteiger partial charge in [-0.25, -0.2) is 4.79 Å². The minimum absolute atomic E-state index is 0.289. The summed E-state index contributed by atoms with van der Waals surface area (Å²) in [5, 5.41) is 0.585. The highest BCUT2D eigenvalue weighted by molar-refractivity contribution is 6.05. The molecule has 0 atom stereocenters. The van der Waals surface area contributed by atoms with Gasteiger partial charge in [0.05, 0.1) is 0 Å². The molecule has 0 saturated carbocycles. The van der Waals surface area contributed by atoms with Gasteiger partial charge in [-0.3, -0.25) is 9.59 Å². The third-order valence-electron chi connectivity index (χ3n) is 1.95. The predicted octanol–water partition coefficient (Wildman–Crippen LogP) is 0.139. The molecule has 0 N–H and O–H groups in total. The van der Waals surface area contributed by atoms with E-state index in [1.807, 2.05) is 13.8 Å². The van der Waals surface area contributed by atoms with Crippen molar-refractivity contribution in [1.82, 2.24) is 9.96 Å². The van der Waals surface area contributed by atoms with Crippen LogP contribution < -0.4 is 0 Å². The van der Waals surface area contributed by atoms with Gasteiger partial charge in [-0.15, -0.1) is 0 Å². The van der Waals surface area contributed by atoms with Crippen molar-refractivity contribution in [3.8, 4) is 0 Å². The molecule has 14 heavy (non-hydrogen) atoms. The third kappa shape index (κ3) is 2.21. The Morgan fingerprint density at radius 3 is 2.21 bits per heavy atom. The van der Waals surface area contributed by atoms with E-state index in [0.29, 0.717) is 18.2 Å². The molecule has 0 aromatic carbocycles. The number of amides is 3. The van der Waals surface area contributed by atoms with Crippen molar-refractivity contribution in [3.05, 3.63) is 0 Å². The van der Waals surface area contributed by atoms with Gasteiger partial charge in [0, 0.05) is 13.1 Å². The summed E-state index contributed by atoms with van der Waals surface area (Å²) in [6.45, 7) is 4.75. The van der Waals surface area contributed by atoms with Gasteiger partial charge in [0.2, 0.25) is 5.91 Å². The summed E-state index contributed by atoms with van der Waals surface area (Å²) in [6.07, 6.45) is -1.00. The molecule has 0 spiro atoms. The lowest BCUT2D eigenvalue weighted by Crippen LogP contribution is -2.33. The van der Waals surface area contributed by atoms with E-state index in [4.69, 9.17) is 0 Å². The number of hydrogen-bond acceptors (Lipinski definition) is 4. The van der Waals surface area contributed by atoms with Crippen LogP contribution in [-0.2, 0) is 14.4 Å². The summed E-state index contributed by atoms with van der Waals surface area (Å²) in [7, 11) is 0. The molecule has 0 aromatic rings. The number of rotatable bonds is 4. The predicted molar refractivity (Wildman–Crippen MR) is 45.9 cm³/mol. The molecule has 1 rings (SSSR count). The Balaban J connectivity index is 2.39. The summed E-state index contributed by atoms with van der Waals surface area (Å²) in [4.78, 5) is 38.6. The van der Waals surface area contributed by atoms with Crippen LogP contribution in [0.15, 0.2) is 0 Å². The van der Waals surface area contributed by atoms with Gasteiger partial charge in [0.25, 0.3) is 5.91 Å². The smallest absolute Gasteiger partial charge is 0.343 e. The highest BCUT2D eigenvalue weighted by Gasteiger charge is 2.42. The van der Waals surface area contributed by atoms with Gasteiger partial charge in [-0.05, 0) is 13.8 Å². The summed E-state index contributed by atoms with van der Waals surface area (Å²) in [5.74, 6) is -0.893. The van der Waals surface area contributed by atoms with E-state index in [1.165, 1.54) is 4.90 Å². The van der Waals surface area contributed by atoms with Crippen molar-refractivity contribution in [2.24, 2.45) is 0 Å². The van der Waals surface area contributed by atoms with E-state index in [2.05, 4.69) is 4.84 Å². The van der Waals surface area contributed by atoms with Gasteiger partial charge in [0.1, 0.15) is 6.42 Å². The van der Waals surface area contributed by atoms with E-state index >= 15 is 0 Å². The number of carbonyl (C=O) groups excluding carboxylic acids is 3. The zero-order chi connectivity index (χ0) is 10.7. The average molecular weight is 200 g/mol. The minimum atomic E-state index is -0.692. The first kappa shape index (κ1) is 10.5. The van der Waals surface area contributed by atoms with Crippen molar-refractivity contribution in [2.45, 2.75) is 20.3 Å². The molecule has 6 nitrogen and oxygen atoms in total. The molecule has 1 aliphatic heterocycles. The first-order chi connectivity index (χ1) is 6.60. The SMILES string of the molecule is CCN(CC)C(=O)CC(=O)N1OC1=O. The van der Waals surface area contributed by atoms with Crippen molar-refractivity contribution < 1.29 is 19.2 Å². The van der Waals surface area contributed by atoms with Gasteiger partial charge in [0.15, 0.2) is 0 Å². The summed E-state index contributed by atoms with van der Waals surface area (Å²) in [5.41, 5.74) is 0. The Kier molecular flexibility index (Phi) is 3.06. The van der Waals surface area contributed by atoms with E-state index in [-0.39, 0.29) is 12.3 Å². The molecular formula is C8H12N2O4. The molecule has 1 aliphatic rings. The Morgan fingerprint density at radius 2 is 1.86 bits per heavy atom. The molecule has 1 fully saturated rings.